The molecule has 1 aromatic carbocycles. The molecule has 1 aliphatic carbocycles. The largest absolute Gasteiger partial charge is 0.351 e. The number of primary amides is 1. The van der Waals surface area contributed by atoms with E-state index in [-0.39, 0.29) is 5.56 Å². The van der Waals surface area contributed by atoms with Crippen molar-refractivity contribution in [3.05, 3.63) is 51.6 Å². The fraction of sp³-hybridized carbons (Fsp3) is 0.263. The number of hydrogen-bond donors (Lipinski definition) is 2. The molecule has 4 rings (SSSR count). The van der Waals surface area contributed by atoms with E-state index in [4.69, 9.17) is 10.7 Å². The predicted molar refractivity (Wildman–Crippen MR) is 110 cm³/mol. The lowest BCUT2D eigenvalue weighted by molar-refractivity contribution is -0.119. The molecule has 28 heavy (non-hydrogen) atoms. The van der Waals surface area contributed by atoms with E-state index in [2.05, 4.69) is 5.32 Å². The highest BCUT2D eigenvalue weighted by Gasteiger charge is 2.29. The Morgan fingerprint density at radius 3 is 2.68 bits per heavy atom. The van der Waals surface area contributed by atoms with Crippen LogP contribution in [-0.4, -0.2) is 26.7 Å². The predicted octanol–water partition coefficient (Wildman–Crippen LogP) is 3.00. The van der Waals surface area contributed by atoms with E-state index >= 15 is 0 Å². The Hall–Kier alpha value is -2.65. The fourth-order valence-electron chi connectivity index (χ4n) is 3.01. The van der Waals surface area contributed by atoms with E-state index in [1.165, 1.54) is 11.3 Å². The number of nitrogens with one attached hydrogen (secondary N) is 1. The Kier molecular flexibility index (Phi) is 4.94. The summed E-state index contributed by atoms with van der Waals surface area (Å²) in [4.78, 5) is 41.9. The second-order valence-corrected chi connectivity index (χ2v) is 8.80. The third-order valence-electron chi connectivity index (χ3n) is 4.53. The number of nitrogens with zero attached hydrogens (tertiary/aromatic N) is 2. The lowest BCUT2D eigenvalue weighted by atomic mass is 10.1. The molecular weight excluding hydrogens is 396 g/mol. The fourth-order valence-corrected chi connectivity index (χ4v) is 5.00. The maximum Gasteiger partial charge on any atom is 0.318 e. The van der Waals surface area contributed by atoms with Gasteiger partial charge in [0.1, 0.15) is 4.83 Å². The highest BCUT2D eigenvalue weighted by Crippen LogP contribution is 2.44. The van der Waals surface area contributed by atoms with Crippen molar-refractivity contribution >= 4 is 45.3 Å². The minimum Gasteiger partial charge on any atom is -0.351 e. The van der Waals surface area contributed by atoms with Gasteiger partial charge in [0.25, 0.3) is 5.56 Å². The molecule has 2 aromatic heterocycles. The summed E-state index contributed by atoms with van der Waals surface area (Å²) in [5.74, 6) is -0.0949. The van der Waals surface area contributed by atoms with Crippen LogP contribution in [0, 0.1) is 0 Å². The Morgan fingerprint density at radius 1 is 1.32 bits per heavy atom. The first-order valence-electron chi connectivity index (χ1n) is 8.82. The van der Waals surface area contributed by atoms with Crippen LogP contribution in [0.1, 0.15) is 31.2 Å². The van der Waals surface area contributed by atoms with Crippen LogP contribution >= 0.6 is 23.1 Å². The van der Waals surface area contributed by atoms with Crippen LogP contribution in [0.15, 0.2) is 45.7 Å². The molecule has 1 atom stereocenters. The number of imide groups is 1. The Balaban J connectivity index is 1.84. The summed E-state index contributed by atoms with van der Waals surface area (Å²) in [6.45, 7) is 1.64. The van der Waals surface area contributed by atoms with E-state index in [1.807, 2.05) is 35.7 Å². The molecule has 0 aliphatic heterocycles. The first-order chi connectivity index (χ1) is 13.5. The molecule has 3 amide bonds. The second-order valence-electron chi connectivity index (χ2n) is 6.63. The van der Waals surface area contributed by atoms with Crippen LogP contribution in [0.25, 0.3) is 15.9 Å². The summed E-state index contributed by atoms with van der Waals surface area (Å²) in [6, 6.07) is 8.31. The summed E-state index contributed by atoms with van der Waals surface area (Å²) in [5.41, 5.74) is 6.65. The molecular formula is C19H18N4O3S2. The maximum atomic E-state index is 13.4. The summed E-state index contributed by atoms with van der Waals surface area (Å²) in [7, 11) is 0. The van der Waals surface area contributed by atoms with Crippen molar-refractivity contribution in [2.45, 2.75) is 36.1 Å². The van der Waals surface area contributed by atoms with Crippen molar-refractivity contribution < 1.29 is 9.59 Å². The van der Waals surface area contributed by atoms with Gasteiger partial charge in [0.2, 0.25) is 5.91 Å². The monoisotopic (exact) mass is 414 g/mol. The first kappa shape index (κ1) is 18.7. The Morgan fingerprint density at radius 2 is 2.04 bits per heavy atom. The van der Waals surface area contributed by atoms with Gasteiger partial charge in [-0.05, 0) is 48.8 Å². The molecule has 3 N–H and O–H groups in total. The van der Waals surface area contributed by atoms with Gasteiger partial charge in [-0.2, -0.15) is 0 Å². The highest BCUT2D eigenvalue weighted by molar-refractivity contribution is 8.00. The normalized spacial score (nSPS) is 14.8. The number of amides is 3. The molecule has 1 unspecified atom stereocenters. The molecule has 1 fully saturated rings. The lowest BCUT2D eigenvalue weighted by Gasteiger charge is -2.15. The average molecular weight is 415 g/mol. The third kappa shape index (κ3) is 3.55. The van der Waals surface area contributed by atoms with Crippen molar-refractivity contribution in [3.8, 4) is 5.69 Å². The molecule has 0 radical (unpaired) electrons. The van der Waals surface area contributed by atoms with E-state index in [0.29, 0.717) is 27.0 Å². The van der Waals surface area contributed by atoms with Crippen LogP contribution in [-0.2, 0) is 4.79 Å². The SMILES string of the molecule is CC(Sc1nc2scc(C3CC3)c2c(=O)n1-c1ccccc1)C(=O)NC(N)=O. The highest BCUT2D eigenvalue weighted by atomic mass is 32.2. The van der Waals surface area contributed by atoms with Gasteiger partial charge in [-0.25, -0.2) is 9.78 Å². The minimum absolute atomic E-state index is 0.135. The number of thioether (sulfide) groups is 1. The molecule has 0 bridgehead atoms. The number of carbonyl (C=O) groups excluding carboxylic acids is 2. The number of hydrogen-bond acceptors (Lipinski definition) is 6. The molecule has 0 saturated heterocycles. The van der Waals surface area contributed by atoms with Crippen molar-refractivity contribution in [2.75, 3.05) is 0 Å². The second kappa shape index (κ2) is 7.40. The molecule has 144 valence electrons. The molecule has 1 saturated carbocycles. The Bertz CT molecular complexity index is 1120. The van der Waals surface area contributed by atoms with Gasteiger partial charge in [0, 0.05) is 0 Å². The van der Waals surface area contributed by atoms with E-state index in [0.717, 1.165) is 30.2 Å². The Labute approximate surface area is 169 Å². The standard InChI is InChI=1S/C19H18N4O3S2/c1-10(15(24)21-18(20)26)28-19-22-16-14(13(9-27-16)11-7-8-11)17(25)23(19)12-5-3-2-4-6-12/h2-6,9-11H,7-8H2,1H3,(H3,20,21,24,26). The van der Waals surface area contributed by atoms with Crippen LogP contribution < -0.4 is 16.6 Å². The van der Waals surface area contributed by atoms with Gasteiger partial charge < -0.3 is 5.73 Å². The van der Waals surface area contributed by atoms with E-state index < -0.39 is 17.2 Å². The molecule has 0 spiro atoms. The minimum atomic E-state index is -0.909. The number of rotatable bonds is 5. The smallest absolute Gasteiger partial charge is 0.318 e. The number of urea groups is 1. The zero-order valence-electron chi connectivity index (χ0n) is 15.0. The van der Waals surface area contributed by atoms with Gasteiger partial charge >= 0.3 is 6.03 Å². The molecule has 1 aliphatic rings. The summed E-state index contributed by atoms with van der Waals surface area (Å²) in [5, 5.41) is 4.49. The number of para-hydroxylation sites is 1. The van der Waals surface area contributed by atoms with Crippen LogP contribution in [0.3, 0.4) is 0 Å². The van der Waals surface area contributed by atoms with Gasteiger partial charge in [-0.3, -0.25) is 19.5 Å². The van der Waals surface area contributed by atoms with E-state index in [9.17, 15) is 14.4 Å². The quantitative estimate of drug-likeness (QED) is 0.493. The first-order valence-corrected chi connectivity index (χ1v) is 10.6. The summed E-state index contributed by atoms with van der Waals surface area (Å²) < 4.78 is 1.54. The average Bonchev–Trinajstić information content (AvgIpc) is 3.41. The maximum absolute atomic E-state index is 13.4. The number of benzene rings is 1. The lowest BCUT2D eigenvalue weighted by Crippen LogP contribution is -2.39. The number of carbonyl (C=O) groups is 2. The molecule has 7 nitrogen and oxygen atoms in total. The van der Waals surface area contributed by atoms with Gasteiger partial charge in [-0.15, -0.1) is 11.3 Å². The topological polar surface area (TPSA) is 107 Å². The molecule has 2 heterocycles. The third-order valence-corrected chi connectivity index (χ3v) is 6.48. The van der Waals surface area contributed by atoms with Crippen molar-refractivity contribution in [1.82, 2.24) is 14.9 Å². The van der Waals surface area contributed by atoms with Crippen LogP contribution in [0.4, 0.5) is 4.79 Å². The van der Waals surface area contributed by atoms with Crippen LogP contribution in [0.2, 0.25) is 0 Å². The number of fused-ring (bicyclic) bond motifs is 1. The zero-order chi connectivity index (χ0) is 19.8. The van der Waals surface area contributed by atoms with Crippen molar-refractivity contribution in [3.63, 3.8) is 0 Å². The molecule has 3 aromatic rings. The van der Waals surface area contributed by atoms with Crippen LogP contribution in [0.5, 0.6) is 0 Å². The number of thiophene rings is 1. The molecule has 9 heteroatoms. The number of nitrogens with two attached hydrogens (primary N) is 1. The van der Waals surface area contributed by atoms with Crippen molar-refractivity contribution in [1.29, 1.82) is 0 Å². The van der Waals surface area contributed by atoms with Gasteiger partial charge in [0.05, 0.1) is 16.3 Å². The van der Waals surface area contributed by atoms with Gasteiger partial charge in [0.15, 0.2) is 5.16 Å². The zero-order valence-corrected chi connectivity index (χ0v) is 16.7. The summed E-state index contributed by atoms with van der Waals surface area (Å²) >= 11 is 2.56. The number of aromatic nitrogens is 2. The summed E-state index contributed by atoms with van der Waals surface area (Å²) in [6.07, 6.45) is 2.19. The van der Waals surface area contributed by atoms with Gasteiger partial charge in [-0.1, -0.05) is 30.0 Å². The van der Waals surface area contributed by atoms with E-state index in [1.54, 1.807) is 11.5 Å². The van der Waals surface area contributed by atoms with Crippen molar-refractivity contribution in [2.24, 2.45) is 5.73 Å².